The van der Waals surface area contributed by atoms with Crippen molar-refractivity contribution in [2.75, 3.05) is 25.0 Å². The maximum Gasteiger partial charge on any atom is 0.251 e. The first-order valence-electron chi connectivity index (χ1n) is 11.1. The fraction of sp³-hybridized carbons (Fsp3) is 0.500. The average molecular weight is 428 g/mol. The number of amides is 2. The molecular formula is C24H33N3O2S. The Kier molecular flexibility index (Phi) is 8.90. The largest absolute Gasteiger partial charge is 0.351 e. The van der Waals surface area contributed by atoms with Crippen molar-refractivity contribution in [3.05, 3.63) is 52.2 Å². The highest BCUT2D eigenvalue weighted by Crippen LogP contribution is 2.19. The van der Waals surface area contributed by atoms with Crippen LogP contribution in [0.15, 0.2) is 41.8 Å². The second kappa shape index (κ2) is 11.9. The fourth-order valence-corrected chi connectivity index (χ4v) is 4.82. The molecule has 2 aromatic rings. The quantitative estimate of drug-likeness (QED) is 0.578. The summed E-state index contributed by atoms with van der Waals surface area (Å²) in [5.74, 6) is -0.103. The lowest BCUT2D eigenvalue weighted by Gasteiger charge is -2.35. The van der Waals surface area contributed by atoms with Gasteiger partial charge in [0.2, 0.25) is 5.91 Å². The Morgan fingerprint density at radius 2 is 2.10 bits per heavy atom. The Bertz CT molecular complexity index is 807. The van der Waals surface area contributed by atoms with Crippen LogP contribution in [0.2, 0.25) is 0 Å². The van der Waals surface area contributed by atoms with E-state index in [2.05, 4.69) is 33.9 Å². The number of nitrogens with one attached hydrogen (secondary N) is 2. The molecule has 2 N–H and O–H groups in total. The van der Waals surface area contributed by atoms with Crippen LogP contribution in [0.4, 0.5) is 5.69 Å². The second-order valence-corrected chi connectivity index (χ2v) is 8.94. The van der Waals surface area contributed by atoms with Crippen molar-refractivity contribution in [1.29, 1.82) is 0 Å². The van der Waals surface area contributed by atoms with Crippen LogP contribution in [0.25, 0.3) is 0 Å². The molecule has 3 rings (SSSR count). The summed E-state index contributed by atoms with van der Waals surface area (Å²) in [6.45, 7) is 4.91. The molecule has 0 saturated carbocycles. The molecule has 1 aliphatic heterocycles. The molecule has 5 nitrogen and oxygen atoms in total. The molecule has 0 bridgehead atoms. The molecule has 1 fully saturated rings. The molecular weight excluding hydrogens is 394 g/mol. The van der Waals surface area contributed by atoms with Gasteiger partial charge in [-0.05, 0) is 68.3 Å². The van der Waals surface area contributed by atoms with Crippen molar-refractivity contribution in [3.63, 3.8) is 0 Å². The van der Waals surface area contributed by atoms with E-state index < -0.39 is 0 Å². The molecule has 1 atom stereocenters. The molecule has 0 aliphatic carbocycles. The third kappa shape index (κ3) is 6.96. The average Bonchev–Trinajstić information content (AvgIpc) is 3.27. The minimum atomic E-state index is -0.0890. The third-order valence-electron chi connectivity index (χ3n) is 5.72. The van der Waals surface area contributed by atoms with Crippen LogP contribution < -0.4 is 10.6 Å². The molecule has 1 aromatic heterocycles. The number of benzene rings is 1. The third-order valence-corrected chi connectivity index (χ3v) is 6.66. The highest BCUT2D eigenvalue weighted by Gasteiger charge is 2.20. The Morgan fingerprint density at radius 1 is 1.20 bits per heavy atom. The van der Waals surface area contributed by atoms with E-state index in [-0.39, 0.29) is 11.8 Å². The number of likely N-dealkylation sites (tertiary alicyclic amines) is 1. The van der Waals surface area contributed by atoms with Crippen molar-refractivity contribution >= 4 is 28.8 Å². The van der Waals surface area contributed by atoms with Crippen LogP contribution in [0.5, 0.6) is 0 Å². The van der Waals surface area contributed by atoms with Gasteiger partial charge in [0.05, 0.1) is 0 Å². The molecule has 2 amide bonds. The van der Waals surface area contributed by atoms with Crippen molar-refractivity contribution in [1.82, 2.24) is 10.2 Å². The lowest BCUT2D eigenvalue weighted by atomic mass is 10.0. The fourth-order valence-electron chi connectivity index (χ4n) is 4.07. The number of hydrogen-bond donors (Lipinski definition) is 2. The maximum absolute atomic E-state index is 12.5. The molecule has 162 valence electrons. The Hall–Kier alpha value is -2.18. The van der Waals surface area contributed by atoms with Crippen LogP contribution in [0.3, 0.4) is 0 Å². The van der Waals surface area contributed by atoms with Crippen LogP contribution in [-0.4, -0.2) is 42.4 Å². The van der Waals surface area contributed by atoms with Crippen molar-refractivity contribution in [3.8, 4) is 0 Å². The topological polar surface area (TPSA) is 61.4 Å². The number of hydrogen-bond acceptors (Lipinski definition) is 4. The predicted molar refractivity (Wildman–Crippen MR) is 124 cm³/mol. The summed E-state index contributed by atoms with van der Waals surface area (Å²) in [5.41, 5.74) is 1.25. The summed E-state index contributed by atoms with van der Waals surface area (Å²) >= 11 is 1.72. The maximum atomic E-state index is 12.5. The molecule has 1 unspecified atom stereocenters. The first-order chi connectivity index (χ1) is 14.7. The van der Waals surface area contributed by atoms with Gasteiger partial charge in [-0.2, -0.15) is 0 Å². The first-order valence-corrected chi connectivity index (χ1v) is 12.0. The molecule has 0 radical (unpaired) electrons. The van der Waals surface area contributed by atoms with Crippen molar-refractivity contribution in [2.45, 2.75) is 57.9 Å². The van der Waals surface area contributed by atoms with Gasteiger partial charge >= 0.3 is 0 Å². The zero-order chi connectivity index (χ0) is 21.2. The number of rotatable bonds is 10. The Morgan fingerprint density at radius 3 is 2.90 bits per heavy atom. The monoisotopic (exact) mass is 427 g/mol. The lowest BCUT2D eigenvalue weighted by Crippen LogP contribution is -2.43. The molecule has 1 aliphatic rings. The summed E-state index contributed by atoms with van der Waals surface area (Å²) in [5, 5.41) is 8.00. The predicted octanol–water partition coefficient (Wildman–Crippen LogP) is 4.70. The smallest absolute Gasteiger partial charge is 0.251 e. The number of thiophene rings is 1. The normalized spacial score (nSPS) is 16.9. The standard InChI is InChI=1S/C24H33N3O2S/c1-2-21-10-3-4-15-27(21)16-14-25-24(29)19-8-5-9-20(18-19)26-23(28)13-6-11-22-12-7-17-30-22/h5,7-9,12,17-18,21H,2-4,6,10-11,13-16H2,1H3,(H,25,29)(H,26,28). The van der Waals surface area contributed by atoms with E-state index >= 15 is 0 Å². The van der Waals surface area contributed by atoms with Gasteiger partial charge in [0.25, 0.3) is 5.91 Å². The molecule has 30 heavy (non-hydrogen) atoms. The number of nitrogens with zero attached hydrogens (tertiary/aromatic N) is 1. The van der Waals surface area contributed by atoms with Crippen molar-refractivity contribution in [2.24, 2.45) is 0 Å². The van der Waals surface area contributed by atoms with Crippen LogP contribution in [0.1, 0.15) is 60.7 Å². The highest BCUT2D eigenvalue weighted by molar-refractivity contribution is 7.09. The van der Waals surface area contributed by atoms with Gasteiger partial charge in [0, 0.05) is 41.7 Å². The number of piperidine rings is 1. The molecule has 6 heteroatoms. The summed E-state index contributed by atoms with van der Waals surface area (Å²) in [6.07, 6.45) is 7.21. The zero-order valence-corrected chi connectivity index (χ0v) is 18.7. The Balaban J connectivity index is 1.42. The number of aryl methyl sites for hydroxylation is 1. The van der Waals surface area contributed by atoms with E-state index in [0.29, 0.717) is 30.3 Å². The Labute approximate surface area is 183 Å². The lowest BCUT2D eigenvalue weighted by molar-refractivity contribution is -0.116. The van der Waals surface area contributed by atoms with Gasteiger partial charge in [-0.15, -0.1) is 11.3 Å². The van der Waals surface area contributed by atoms with Crippen LogP contribution in [0, 0.1) is 0 Å². The van der Waals surface area contributed by atoms with Crippen LogP contribution in [-0.2, 0) is 11.2 Å². The van der Waals surface area contributed by atoms with Gasteiger partial charge in [-0.3, -0.25) is 14.5 Å². The van der Waals surface area contributed by atoms with E-state index in [4.69, 9.17) is 0 Å². The summed E-state index contributed by atoms with van der Waals surface area (Å²) in [7, 11) is 0. The van der Waals surface area contributed by atoms with Crippen LogP contribution >= 0.6 is 11.3 Å². The van der Waals surface area contributed by atoms with E-state index in [9.17, 15) is 9.59 Å². The number of carbonyl (C=O) groups excluding carboxylic acids is 2. The van der Waals surface area contributed by atoms with E-state index in [1.54, 1.807) is 23.5 Å². The van der Waals surface area contributed by atoms with Gasteiger partial charge in [0.15, 0.2) is 0 Å². The van der Waals surface area contributed by atoms with E-state index in [0.717, 1.165) is 25.9 Å². The highest BCUT2D eigenvalue weighted by atomic mass is 32.1. The minimum Gasteiger partial charge on any atom is -0.351 e. The summed E-state index contributed by atoms with van der Waals surface area (Å²) < 4.78 is 0. The SMILES string of the molecule is CCC1CCCCN1CCNC(=O)c1cccc(NC(=O)CCCc2cccs2)c1. The molecule has 2 heterocycles. The summed E-state index contributed by atoms with van der Waals surface area (Å²) in [4.78, 5) is 28.6. The van der Waals surface area contributed by atoms with Gasteiger partial charge in [-0.1, -0.05) is 25.5 Å². The molecule has 1 aromatic carbocycles. The number of anilines is 1. The first kappa shape index (κ1) is 22.5. The van der Waals surface area contributed by atoms with E-state index in [1.165, 1.54) is 30.6 Å². The summed E-state index contributed by atoms with van der Waals surface area (Å²) in [6, 6.07) is 12.0. The minimum absolute atomic E-state index is 0.0141. The van der Waals surface area contributed by atoms with Crippen molar-refractivity contribution < 1.29 is 9.59 Å². The number of carbonyl (C=O) groups is 2. The molecule has 0 spiro atoms. The second-order valence-electron chi connectivity index (χ2n) is 7.91. The zero-order valence-electron chi connectivity index (χ0n) is 17.9. The van der Waals surface area contributed by atoms with E-state index in [1.807, 2.05) is 18.2 Å². The molecule has 1 saturated heterocycles. The van der Waals surface area contributed by atoms with Gasteiger partial charge in [0.1, 0.15) is 0 Å². The van der Waals surface area contributed by atoms with Gasteiger partial charge in [-0.25, -0.2) is 0 Å². The van der Waals surface area contributed by atoms with Gasteiger partial charge < -0.3 is 10.6 Å².